The Balaban J connectivity index is 1.54. The maximum atomic E-state index is 13.1. The van der Waals surface area contributed by atoms with E-state index in [0.717, 1.165) is 51.4 Å². The Bertz CT molecular complexity index is 846. The van der Waals surface area contributed by atoms with Gasteiger partial charge in [-0.25, -0.2) is 0 Å². The number of carboxylic acids is 1. The Hall–Kier alpha value is -1.18. The summed E-state index contributed by atoms with van der Waals surface area (Å²) in [4.78, 5) is 24.0. The van der Waals surface area contributed by atoms with Crippen molar-refractivity contribution in [1.29, 1.82) is 0 Å². The number of aliphatic carboxylic acids is 1. The molecule has 0 heterocycles. The van der Waals surface area contributed by atoms with Crippen molar-refractivity contribution in [3.8, 4) is 0 Å². The zero-order chi connectivity index (χ0) is 27.8. The molecular weight excluding hydrogens is 484 g/mol. The van der Waals surface area contributed by atoms with E-state index in [1.165, 1.54) is 12.8 Å². The number of fused-ring (bicyclic) bond motifs is 5. The van der Waals surface area contributed by atoms with Crippen LogP contribution in [0, 0.1) is 46.3 Å². The van der Waals surface area contributed by atoms with Gasteiger partial charge in [0.1, 0.15) is 6.10 Å². The van der Waals surface area contributed by atoms with Crippen LogP contribution in [0.5, 0.6) is 0 Å². The number of rotatable bonds is 10. The van der Waals surface area contributed by atoms with E-state index in [1.807, 2.05) is 13.8 Å². The molecule has 0 radical (unpaired) electrons. The van der Waals surface area contributed by atoms with Crippen LogP contribution in [-0.4, -0.2) is 56.8 Å². The monoisotopic (exact) mass is 536 g/mol. The molecule has 0 aromatic heterocycles. The summed E-state index contributed by atoms with van der Waals surface area (Å²) in [6.45, 7) is 8.75. The minimum Gasteiger partial charge on any atom is -0.481 e. The average molecular weight is 537 g/mol. The molecule has 12 atom stereocenters. The number of carbonyl (C=O) groups is 2. The van der Waals surface area contributed by atoms with Crippen molar-refractivity contribution in [2.45, 2.75) is 136 Å². The number of ether oxygens (including phenoxy) is 1. The summed E-state index contributed by atoms with van der Waals surface area (Å²) in [6.07, 6.45) is 7.85. The van der Waals surface area contributed by atoms with Crippen LogP contribution in [0.1, 0.15) is 111 Å². The van der Waals surface area contributed by atoms with Gasteiger partial charge in [-0.1, -0.05) is 27.7 Å². The zero-order valence-corrected chi connectivity index (χ0v) is 24.0. The predicted molar refractivity (Wildman–Crippen MR) is 144 cm³/mol. The van der Waals surface area contributed by atoms with E-state index < -0.39 is 18.2 Å². The van der Waals surface area contributed by atoms with Crippen molar-refractivity contribution >= 4 is 11.9 Å². The zero-order valence-electron chi connectivity index (χ0n) is 24.0. The van der Waals surface area contributed by atoms with Crippen molar-refractivity contribution in [1.82, 2.24) is 0 Å². The highest BCUT2D eigenvalue weighted by Crippen LogP contribution is 2.68. The van der Waals surface area contributed by atoms with Crippen LogP contribution in [0.3, 0.4) is 0 Å². The quantitative estimate of drug-likeness (QED) is 0.292. The average Bonchev–Trinajstić information content (AvgIpc) is 3.19. The maximum Gasteiger partial charge on any atom is 0.308 e. The van der Waals surface area contributed by atoms with Gasteiger partial charge in [-0.05, 0) is 112 Å². The maximum absolute atomic E-state index is 13.1. The molecule has 0 saturated heterocycles. The van der Waals surface area contributed by atoms with E-state index >= 15 is 0 Å². The van der Waals surface area contributed by atoms with E-state index in [9.17, 15) is 24.9 Å². The van der Waals surface area contributed by atoms with Gasteiger partial charge in [-0.2, -0.15) is 0 Å². The third-order valence-corrected chi connectivity index (χ3v) is 12.0. The summed E-state index contributed by atoms with van der Waals surface area (Å²) < 4.78 is 6.45. The molecular formula is C31H52O7. The second kappa shape index (κ2) is 11.7. The van der Waals surface area contributed by atoms with Crippen LogP contribution in [-0.2, 0) is 14.3 Å². The Kier molecular flexibility index (Phi) is 9.21. The predicted octanol–water partition coefficient (Wildman–Crippen LogP) is 4.94. The van der Waals surface area contributed by atoms with Crippen molar-refractivity contribution in [3.05, 3.63) is 0 Å². The second-order valence-corrected chi connectivity index (χ2v) is 13.9. The summed E-state index contributed by atoms with van der Waals surface area (Å²) in [7, 11) is 0. The van der Waals surface area contributed by atoms with Gasteiger partial charge in [0.25, 0.3) is 0 Å². The molecule has 0 amide bonds. The first-order valence-electron chi connectivity index (χ1n) is 15.4. The fraction of sp³-hybridized carbons (Fsp3) is 0.935. The third-order valence-electron chi connectivity index (χ3n) is 12.0. The van der Waals surface area contributed by atoms with E-state index in [1.54, 1.807) is 0 Å². The van der Waals surface area contributed by atoms with Gasteiger partial charge in [0.15, 0.2) is 0 Å². The fourth-order valence-electron chi connectivity index (χ4n) is 9.47. The van der Waals surface area contributed by atoms with Crippen molar-refractivity contribution in [3.63, 3.8) is 0 Å². The standard InChI is InChI=1S/C31H52O7/c1-5-18(2)29(37)38-27-17-26-24(10-7-20-14-22(33)12-13-30(20,26)3)25-11-8-19(31(25,27)4)6-9-21(32)15-23(34)16-28(35)36/h18-27,32-34H,5-17H2,1-4H3,(H,35,36)/t18-,19?,20+,21+,22+,23+,24-,25-,26-,27-,30-,31+/m0/s1. The second-order valence-electron chi connectivity index (χ2n) is 13.9. The molecule has 7 nitrogen and oxygen atoms in total. The van der Waals surface area contributed by atoms with Gasteiger partial charge in [0.05, 0.1) is 30.7 Å². The van der Waals surface area contributed by atoms with Crippen LogP contribution in [0.25, 0.3) is 0 Å². The minimum atomic E-state index is -1.06. The molecule has 4 rings (SSSR count). The molecule has 218 valence electrons. The smallest absolute Gasteiger partial charge is 0.308 e. The van der Waals surface area contributed by atoms with Gasteiger partial charge in [-0.3, -0.25) is 9.59 Å². The fourth-order valence-corrected chi connectivity index (χ4v) is 9.47. The molecule has 0 spiro atoms. The normalized spacial score (nSPS) is 42.8. The number of aliphatic hydroxyl groups excluding tert-OH is 3. The van der Waals surface area contributed by atoms with E-state index in [4.69, 9.17) is 9.84 Å². The number of hydrogen-bond acceptors (Lipinski definition) is 6. The number of aliphatic hydroxyl groups is 3. The van der Waals surface area contributed by atoms with Gasteiger partial charge >= 0.3 is 11.9 Å². The number of esters is 1. The molecule has 1 unspecified atom stereocenters. The molecule has 0 bridgehead atoms. The first-order chi connectivity index (χ1) is 17.9. The van der Waals surface area contributed by atoms with Crippen LogP contribution in [0.2, 0.25) is 0 Å². The number of carboxylic acid groups (broad SMARTS) is 1. The van der Waals surface area contributed by atoms with Gasteiger partial charge in [-0.15, -0.1) is 0 Å². The topological polar surface area (TPSA) is 124 Å². The molecule has 7 heteroatoms. The van der Waals surface area contributed by atoms with Gasteiger partial charge < -0.3 is 25.2 Å². The Labute approximate surface area is 228 Å². The lowest BCUT2D eigenvalue weighted by atomic mass is 9.44. The lowest BCUT2D eigenvalue weighted by Crippen LogP contribution is -2.59. The lowest BCUT2D eigenvalue weighted by molar-refractivity contribution is -0.198. The molecule has 4 saturated carbocycles. The third kappa shape index (κ3) is 5.67. The highest BCUT2D eigenvalue weighted by atomic mass is 16.5. The molecule has 0 aliphatic heterocycles. The Morgan fingerprint density at radius 1 is 1.00 bits per heavy atom. The largest absolute Gasteiger partial charge is 0.481 e. The van der Waals surface area contributed by atoms with Crippen molar-refractivity contribution in [2.75, 3.05) is 0 Å². The molecule has 4 fully saturated rings. The van der Waals surface area contributed by atoms with Crippen LogP contribution in [0.4, 0.5) is 0 Å². The van der Waals surface area contributed by atoms with Gasteiger partial charge in [0, 0.05) is 5.41 Å². The van der Waals surface area contributed by atoms with Gasteiger partial charge in [0.2, 0.25) is 0 Å². The van der Waals surface area contributed by atoms with E-state index in [0.29, 0.717) is 36.0 Å². The first kappa shape index (κ1) is 29.8. The summed E-state index contributed by atoms with van der Waals surface area (Å²) in [5.74, 6) is 1.12. The summed E-state index contributed by atoms with van der Waals surface area (Å²) in [5.41, 5.74) is 0.0279. The van der Waals surface area contributed by atoms with Crippen molar-refractivity contribution < 1.29 is 34.8 Å². The molecule has 4 N–H and O–H groups in total. The summed E-state index contributed by atoms with van der Waals surface area (Å²) in [5, 5.41) is 39.9. The van der Waals surface area contributed by atoms with Crippen LogP contribution < -0.4 is 0 Å². The lowest BCUT2D eigenvalue weighted by Gasteiger charge is -2.62. The molecule has 4 aliphatic rings. The van der Waals surface area contributed by atoms with E-state index in [-0.39, 0.29) is 47.8 Å². The summed E-state index contributed by atoms with van der Waals surface area (Å²) >= 11 is 0. The van der Waals surface area contributed by atoms with Crippen molar-refractivity contribution in [2.24, 2.45) is 46.3 Å². The molecule has 0 aromatic carbocycles. The van der Waals surface area contributed by atoms with E-state index in [2.05, 4.69) is 13.8 Å². The molecule has 38 heavy (non-hydrogen) atoms. The highest BCUT2D eigenvalue weighted by molar-refractivity contribution is 5.72. The Morgan fingerprint density at radius 3 is 2.42 bits per heavy atom. The number of hydrogen-bond donors (Lipinski definition) is 4. The number of carbonyl (C=O) groups excluding carboxylic acids is 1. The summed E-state index contributed by atoms with van der Waals surface area (Å²) in [6, 6.07) is 0. The minimum absolute atomic E-state index is 0.0713. The molecule has 4 aliphatic carbocycles. The Morgan fingerprint density at radius 2 is 1.74 bits per heavy atom. The van der Waals surface area contributed by atoms with Crippen LogP contribution in [0.15, 0.2) is 0 Å². The first-order valence-corrected chi connectivity index (χ1v) is 15.4. The SMILES string of the molecule is CC[C@H](C)C(=O)O[C@H]1C[C@H]2[C@@H](CC[C@@H]3C[C@H](O)CC[C@@]32C)[C@@H]2CCC(CC[C@@H](O)C[C@@H](O)CC(=O)O)[C@@]12C. The van der Waals surface area contributed by atoms with Crippen LogP contribution >= 0.6 is 0 Å². The highest BCUT2D eigenvalue weighted by Gasteiger charge is 2.64. The molecule has 0 aromatic rings.